The Morgan fingerprint density at radius 1 is 1.20 bits per heavy atom. The highest BCUT2D eigenvalue weighted by Gasteiger charge is 2.65. The maximum atomic E-state index is 13.0. The summed E-state index contributed by atoms with van der Waals surface area (Å²) < 4.78 is 28.2. The maximum absolute atomic E-state index is 13.0. The van der Waals surface area contributed by atoms with Crippen LogP contribution in [0.1, 0.15) is 61.9 Å². The van der Waals surface area contributed by atoms with E-state index in [4.69, 9.17) is 0 Å². The minimum atomic E-state index is -4.15. The van der Waals surface area contributed by atoms with E-state index in [2.05, 4.69) is 25.7 Å². The molecule has 1 aromatic carbocycles. The molecule has 40 heavy (non-hydrogen) atoms. The number of rotatable bonds is 11. The fraction of sp³-hybridized carbons (Fsp3) is 0.593. The Bertz CT molecular complexity index is 1310. The number of aliphatic carboxylic acids is 1. The van der Waals surface area contributed by atoms with Gasteiger partial charge in [0, 0.05) is 43.5 Å². The van der Waals surface area contributed by atoms with Crippen molar-refractivity contribution in [2.24, 2.45) is 21.7 Å². The summed E-state index contributed by atoms with van der Waals surface area (Å²) in [6, 6.07) is 4.91. The molecular formula is C27H37N5O7S. The molecule has 1 heterocycles. The molecule has 0 aromatic heterocycles. The third-order valence-electron chi connectivity index (χ3n) is 8.67. The second-order valence-electron chi connectivity index (χ2n) is 11.4. The molecule has 2 amide bonds. The summed E-state index contributed by atoms with van der Waals surface area (Å²) in [7, 11) is -4.15. The zero-order valence-corrected chi connectivity index (χ0v) is 23.6. The van der Waals surface area contributed by atoms with Gasteiger partial charge in [-0.1, -0.05) is 26.0 Å². The van der Waals surface area contributed by atoms with E-state index >= 15 is 0 Å². The number of carboxylic acids is 1. The molecule has 13 heteroatoms. The molecule has 3 aliphatic rings. The summed E-state index contributed by atoms with van der Waals surface area (Å²) in [6.45, 7) is 4.78. The average Bonchev–Trinajstić information content (AvgIpc) is 3.24. The van der Waals surface area contributed by atoms with Gasteiger partial charge in [-0.3, -0.25) is 29.5 Å². The lowest BCUT2D eigenvalue weighted by Gasteiger charge is -2.36. The van der Waals surface area contributed by atoms with E-state index in [9.17, 15) is 32.7 Å². The van der Waals surface area contributed by atoms with Gasteiger partial charge in [0.1, 0.15) is 11.8 Å². The molecule has 2 saturated carbocycles. The number of hydrogen-bond donors (Lipinski definition) is 5. The lowest BCUT2D eigenvalue weighted by atomic mass is 9.70. The van der Waals surface area contributed by atoms with E-state index in [1.807, 2.05) is 13.8 Å². The highest BCUT2D eigenvalue weighted by Crippen LogP contribution is 2.64. The van der Waals surface area contributed by atoms with Gasteiger partial charge < -0.3 is 15.7 Å². The lowest BCUT2D eigenvalue weighted by Crippen LogP contribution is -2.52. The van der Waals surface area contributed by atoms with Gasteiger partial charge in [0.05, 0.1) is 5.75 Å². The number of sulfonamides is 1. The third-order valence-corrected chi connectivity index (χ3v) is 10.2. The largest absolute Gasteiger partial charge is 0.480 e. The number of aryl methyl sites for hydroxylation is 1. The Hall–Kier alpha value is -3.32. The number of carbonyl (C=O) groups is 4. The Balaban J connectivity index is 1.28. The third kappa shape index (κ3) is 6.35. The van der Waals surface area contributed by atoms with Crippen LogP contribution < -0.4 is 20.7 Å². The van der Waals surface area contributed by atoms with Crippen LogP contribution in [-0.2, 0) is 30.8 Å². The van der Waals surface area contributed by atoms with Crippen molar-refractivity contribution in [3.8, 4) is 0 Å². The van der Waals surface area contributed by atoms with Crippen LogP contribution >= 0.6 is 0 Å². The second-order valence-corrected chi connectivity index (χ2v) is 13.2. The average molecular weight is 576 g/mol. The Morgan fingerprint density at radius 3 is 2.50 bits per heavy atom. The first-order valence-electron chi connectivity index (χ1n) is 13.5. The first-order chi connectivity index (χ1) is 18.8. The summed E-state index contributed by atoms with van der Waals surface area (Å²) in [4.78, 5) is 53.5. The monoisotopic (exact) mass is 575 g/mol. The van der Waals surface area contributed by atoms with Gasteiger partial charge >= 0.3 is 5.97 Å². The maximum Gasteiger partial charge on any atom is 0.323 e. The van der Waals surface area contributed by atoms with Crippen LogP contribution in [0.15, 0.2) is 29.3 Å². The molecule has 1 aliphatic heterocycles. The van der Waals surface area contributed by atoms with Crippen molar-refractivity contribution in [3.63, 3.8) is 0 Å². The topological polar surface area (TPSA) is 183 Å². The van der Waals surface area contributed by atoms with Crippen molar-refractivity contribution in [2.45, 2.75) is 58.4 Å². The van der Waals surface area contributed by atoms with Gasteiger partial charge in [-0.05, 0) is 54.7 Å². The highest BCUT2D eigenvalue weighted by atomic mass is 32.2. The minimum Gasteiger partial charge on any atom is -0.480 e. The fourth-order valence-corrected chi connectivity index (χ4v) is 8.09. The smallest absolute Gasteiger partial charge is 0.323 e. The molecule has 2 fully saturated rings. The number of Topliss-reactive ketones (excluding diaryl/α,β-unsaturated/α-hetero) is 1. The quantitative estimate of drug-likeness (QED) is 0.254. The van der Waals surface area contributed by atoms with E-state index in [0.717, 1.165) is 24.9 Å². The number of benzene rings is 1. The van der Waals surface area contributed by atoms with Crippen molar-refractivity contribution in [1.82, 2.24) is 20.7 Å². The van der Waals surface area contributed by atoms with Gasteiger partial charge in [0.25, 0.3) is 5.91 Å². The molecule has 0 radical (unpaired) electrons. The van der Waals surface area contributed by atoms with Gasteiger partial charge in [0.2, 0.25) is 15.9 Å². The van der Waals surface area contributed by atoms with Crippen LogP contribution in [0.5, 0.6) is 0 Å². The van der Waals surface area contributed by atoms with Crippen LogP contribution in [0.3, 0.4) is 0 Å². The lowest BCUT2D eigenvalue weighted by molar-refractivity contribution is -0.138. The number of amides is 2. The first kappa shape index (κ1) is 29.7. The normalized spacial score (nSPS) is 24.1. The van der Waals surface area contributed by atoms with Crippen molar-refractivity contribution in [2.75, 3.05) is 25.4 Å². The van der Waals surface area contributed by atoms with Gasteiger partial charge in [-0.25, -0.2) is 8.42 Å². The SMILES string of the molecule is CC1(C)C2CCC1(CS(=O)(=O)N[C@@H](CNC(=O)c1ccc(CCC(=O)NC3=NCCCN3)cc1)C(=O)O)C(=O)C2. The minimum absolute atomic E-state index is 0.0842. The van der Waals surface area contributed by atoms with E-state index in [1.54, 1.807) is 24.3 Å². The van der Waals surface area contributed by atoms with Crippen molar-refractivity contribution < 1.29 is 32.7 Å². The van der Waals surface area contributed by atoms with Crippen LogP contribution in [-0.4, -0.2) is 74.5 Å². The molecule has 1 aromatic rings. The summed E-state index contributed by atoms with van der Waals surface area (Å²) in [5.41, 5.74) is -0.420. The van der Waals surface area contributed by atoms with Gasteiger partial charge in [-0.2, -0.15) is 4.72 Å². The van der Waals surface area contributed by atoms with Gasteiger partial charge in [-0.15, -0.1) is 0 Å². The number of guanidine groups is 1. The highest BCUT2D eigenvalue weighted by molar-refractivity contribution is 7.89. The Morgan fingerprint density at radius 2 is 1.93 bits per heavy atom. The molecule has 218 valence electrons. The number of hydrogen-bond acceptors (Lipinski definition) is 8. The van der Waals surface area contributed by atoms with Gasteiger partial charge in [0.15, 0.2) is 5.96 Å². The molecule has 2 bridgehead atoms. The van der Waals surface area contributed by atoms with Crippen LogP contribution in [0.25, 0.3) is 0 Å². The number of carboxylic acid groups (broad SMARTS) is 1. The summed E-state index contributed by atoms with van der Waals surface area (Å²) >= 11 is 0. The zero-order chi connectivity index (χ0) is 29.1. The van der Waals surface area contributed by atoms with Crippen LogP contribution in [0.4, 0.5) is 0 Å². The Kier molecular flexibility index (Phi) is 8.64. The standard InChI is InChI=1S/C27H37N5O7S/c1-26(2)19-10-11-27(26,21(33)14-19)16-40(38,39)32-20(24(36)37)15-30-23(35)18-7-4-17(5-8-18)6-9-22(34)31-25-28-12-3-13-29-25/h4-5,7-8,19-20,32H,3,6,9-16H2,1-2H3,(H,30,35)(H,36,37)(H2,28,29,31,34)/t19?,20-,27?/m0/s1. The Labute approximate surface area is 233 Å². The molecule has 0 spiro atoms. The molecular weight excluding hydrogens is 538 g/mol. The first-order valence-corrected chi connectivity index (χ1v) is 15.2. The van der Waals surface area contributed by atoms with Crippen LogP contribution in [0.2, 0.25) is 0 Å². The molecule has 12 nitrogen and oxygen atoms in total. The number of nitrogens with one attached hydrogen (secondary N) is 4. The number of fused-ring (bicyclic) bond motifs is 2. The molecule has 4 rings (SSSR count). The molecule has 0 saturated heterocycles. The second kappa shape index (κ2) is 11.7. The molecule has 2 aliphatic carbocycles. The van der Waals surface area contributed by atoms with E-state index in [-0.39, 0.29) is 29.6 Å². The predicted molar refractivity (Wildman–Crippen MR) is 147 cm³/mol. The van der Waals surface area contributed by atoms with Crippen molar-refractivity contribution in [1.29, 1.82) is 0 Å². The predicted octanol–water partition coefficient (Wildman–Crippen LogP) is 0.583. The van der Waals surface area contributed by atoms with Crippen LogP contribution in [0, 0.1) is 16.7 Å². The fourth-order valence-electron chi connectivity index (χ4n) is 6.06. The number of ketones is 1. The number of aliphatic imine (C=N–C) groups is 1. The summed E-state index contributed by atoms with van der Waals surface area (Å²) in [6.07, 6.45) is 3.19. The van der Waals surface area contributed by atoms with E-state index < -0.39 is 51.1 Å². The van der Waals surface area contributed by atoms with E-state index in [1.165, 1.54) is 0 Å². The van der Waals surface area contributed by atoms with E-state index in [0.29, 0.717) is 31.8 Å². The zero-order valence-electron chi connectivity index (χ0n) is 22.8. The number of carbonyl (C=O) groups excluding carboxylic acids is 3. The summed E-state index contributed by atoms with van der Waals surface area (Å²) in [5, 5.41) is 17.8. The van der Waals surface area contributed by atoms with Crippen molar-refractivity contribution in [3.05, 3.63) is 35.4 Å². The molecule has 5 N–H and O–H groups in total. The summed E-state index contributed by atoms with van der Waals surface area (Å²) in [5.74, 6) is -2.13. The van der Waals surface area contributed by atoms with Crippen molar-refractivity contribution >= 4 is 39.5 Å². The molecule has 3 atom stereocenters. The molecule has 2 unspecified atom stereocenters. The number of nitrogens with zero attached hydrogens (tertiary/aromatic N) is 1.